The average Bonchev–Trinajstić information content (AvgIpc) is 3.24. The average molecular weight is 495 g/mol. The Hall–Kier alpha value is -1.66. The third-order valence-corrected chi connectivity index (χ3v) is 8.81. The van der Waals surface area contributed by atoms with E-state index < -0.39 is 57.2 Å². The van der Waals surface area contributed by atoms with Crippen molar-refractivity contribution in [2.24, 2.45) is 0 Å². The van der Waals surface area contributed by atoms with Gasteiger partial charge in [-0.1, -0.05) is 30.3 Å². The Labute approximate surface area is 183 Å². The minimum atomic E-state index is -5.62. The van der Waals surface area contributed by atoms with Gasteiger partial charge in [-0.15, -0.1) is 0 Å². The number of amides is 1. The zero-order valence-corrected chi connectivity index (χ0v) is 18.7. The first-order valence-corrected chi connectivity index (χ1v) is 12.9. The molecule has 0 radical (unpaired) electrons. The number of rotatable bonds is 11. The summed E-state index contributed by atoms with van der Waals surface area (Å²) in [4.78, 5) is 66.2. The lowest BCUT2D eigenvalue weighted by molar-refractivity contribution is -0.155. The fraction of sp³-hybridized carbons (Fsp3) is 0.529. The third-order valence-electron chi connectivity index (χ3n) is 4.93. The Morgan fingerprint density at radius 3 is 2.31 bits per heavy atom. The van der Waals surface area contributed by atoms with Crippen molar-refractivity contribution in [3.05, 3.63) is 35.9 Å². The highest BCUT2D eigenvalue weighted by Gasteiger charge is 2.58. The molecule has 1 saturated heterocycles. The molecule has 13 nitrogen and oxygen atoms in total. The quantitative estimate of drug-likeness (QED) is 0.104. The van der Waals surface area contributed by atoms with E-state index in [2.05, 4.69) is 10.6 Å². The van der Waals surface area contributed by atoms with E-state index in [1.54, 1.807) is 30.3 Å². The molecule has 1 aliphatic heterocycles. The minimum absolute atomic E-state index is 0.0920. The van der Waals surface area contributed by atoms with Crippen molar-refractivity contribution in [3.63, 3.8) is 0 Å². The Bertz CT molecular complexity index is 860. The van der Waals surface area contributed by atoms with Gasteiger partial charge in [0, 0.05) is 19.4 Å². The maximum absolute atomic E-state index is 12.5. The zero-order chi connectivity index (χ0) is 24.0. The van der Waals surface area contributed by atoms with Crippen LogP contribution in [-0.4, -0.2) is 66.8 Å². The lowest BCUT2D eigenvalue weighted by atomic mass is 10.1. The summed E-state index contributed by atoms with van der Waals surface area (Å²) in [6, 6.07) is 7.21. The van der Waals surface area contributed by atoms with Crippen LogP contribution in [0.25, 0.3) is 0 Å². The van der Waals surface area contributed by atoms with Crippen LogP contribution in [-0.2, 0) is 30.0 Å². The second-order valence-electron chi connectivity index (χ2n) is 7.33. The monoisotopic (exact) mass is 495 g/mol. The van der Waals surface area contributed by atoms with E-state index in [-0.39, 0.29) is 6.42 Å². The Kier molecular flexibility index (Phi) is 9.12. The Morgan fingerprint density at radius 1 is 1.16 bits per heavy atom. The van der Waals surface area contributed by atoms with Gasteiger partial charge in [-0.3, -0.25) is 13.9 Å². The van der Waals surface area contributed by atoms with Crippen LogP contribution in [0.1, 0.15) is 24.8 Å². The number of hydroxylamine groups is 1. The van der Waals surface area contributed by atoms with Crippen molar-refractivity contribution in [3.8, 4) is 0 Å². The first kappa shape index (κ1) is 26.6. The molecule has 15 heteroatoms. The number of nitrogens with one attached hydrogen (secondary N) is 3. The highest BCUT2D eigenvalue weighted by atomic mass is 31.2. The van der Waals surface area contributed by atoms with Gasteiger partial charge in [0.15, 0.2) is 0 Å². The predicted octanol–water partition coefficient (Wildman–Crippen LogP) is -1.09. The maximum atomic E-state index is 12.5. The van der Waals surface area contributed by atoms with Gasteiger partial charge in [0.05, 0.1) is 6.04 Å². The molecule has 1 fully saturated rings. The molecule has 1 heterocycles. The Morgan fingerprint density at radius 2 is 1.78 bits per heavy atom. The zero-order valence-electron chi connectivity index (χ0n) is 17.0. The van der Waals surface area contributed by atoms with E-state index in [1.165, 1.54) is 0 Å². The summed E-state index contributed by atoms with van der Waals surface area (Å²) < 4.78 is 22.7. The molecule has 0 bridgehead atoms. The maximum Gasteiger partial charge on any atom is 0.369 e. The molecule has 1 aromatic rings. The number of hydrogen-bond acceptors (Lipinski definition) is 8. The second-order valence-corrected chi connectivity index (χ2v) is 11.3. The fourth-order valence-electron chi connectivity index (χ4n) is 3.10. The van der Waals surface area contributed by atoms with Gasteiger partial charge in [0.1, 0.15) is 6.04 Å². The van der Waals surface area contributed by atoms with Crippen molar-refractivity contribution >= 4 is 27.1 Å². The van der Waals surface area contributed by atoms with E-state index in [4.69, 9.17) is 24.4 Å². The molecule has 1 unspecified atom stereocenters. The fourth-order valence-corrected chi connectivity index (χ4v) is 5.26. The third kappa shape index (κ3) is 6.92. The number of hydrogen-bond donors (Lipinski definition) is 8. The molecular formula is C17H27N3O10P2. The summed E-state index contributed by atoms with van der Waals surface area (Å²) in [5, 5.41) is 11.8. The molecule has 1 aromatic carbocycles. The van der Waals surface area contributed by atoms with Crippen LogP contribution >= 0.6 is 15.2 Å². The van der Waals surface area contributed by atoms with Crippen LogP contribution in [0, 0.1) is 0 Å². The molecule has 0 aliphatic carbocycles. The van der Waals surface area contributed by atoms with Crippen molar-refractivity contribution in [2.75, 3.05) is 13.1 Å². The van der Waals surface area contributed by atoms with E-state index in [1.807, 2.05) is 5.48 Å². The molecule has 0 saturated carbocycles. The lowest BCUT2D eigenvalue weighted by Crippen LogP contribution is -2.50. The molecule has 32 heavy (non-hydrogen) atoms. The van der Waals surface area contributed by atoms with Crippen LogP contribution in [0.15, 0.2) is 30.3 Å². The highest BCUT2D eigenvalue weighted by Crippen LogP contribution is 2.68. The summed E-state index contributed by atoms with van der Waals surface area (Å²) in [7, 11) is -11.2. The topological polar surface area (TPSA) is 215 Å². The predicted molar refractivity (Wildman–Crippen MR) is 111 cm³/mol. The molecule has 0 aromatic heterocycles. The summed E-state index contributed by atoms with van der Waals surface area (Å²) >= 11 is 0. The van der Waals surface area contributed by atoms with Crippen LogP contribution < -0.4 is 16.1 Å². The van der Waals surface area contributed by atoms with Crippen LogP contribution in [0.5, 0.6) is 0 Å². The summed E-state index contributed by atoms with van der Waals surface area (Å²) in [5.74, 6) is -1.33. The smallest absolute Gasteiger partial charge is 0.369 e. The largest absolute Gasteiger partial charge is 0.369 e. The van der Waals surface area contributed by atoms with E-state index in [0.717, 1.165) is 12.0 Å². The minimum Gasteiger partial charge on any atom is -0.369 e. The summed E-state index contributed by atoms with van der Waals surface area (Å²) in [5.41, 5.74) is 2.76. The van der Waals surface area contributed by atoms with Crippen molar-refractivity contribution in [1.82, 2.24) is 16.1 Å². The lowest BCUT2D eigenvalue weighted by Gasteiger charge is -2.29. The highest BCUT2D eigenvalue weighted by molar-refractivity contribution is 7.72. The molecule has 0 spiro atoms. The first-order chi connectivity index (χ1) is 14.8. The van der Waals surface area contributed by atoms with E-state index in [0.29, 0.717) is 13.0 Å². The molecule has 8 N–H and O–H groups in total. The number of aliphatic hydroxyl groups is 1. The Balaban J connectivity index is 2.00. The molecule has 180 valence electrons. The number of carbonyl (C=O) groups excluding carboxylic acids is 2. The molecule has 2 rings (SSSR count). The van der Waals surface area contributed by atoms with E-state index in [9.17, 15) is 23.8 Å². The molecule has 2 atom stereocenters. The van der Waals surface area contributed by atoms with Crippen LogP contribution in [0.2, 0.25) is 0 Å². The van der Waals surface area contributed by atoms with Crippen LogP contribution in [0.4, 0.5) is 0 Å². The van der Waals surface area contributed by atoms with E-state index >= 15 is 0 Å². The SMILES string of the molecule is O=C(ONCCC(O)(P(=O)(O)O)P(=O)(O)O)C(Cc1ccccc1)NC(=O)[C@@H]1CCCN1. The van der Waals surface area contributed by atoms with Crippen molar-refractivity contribution in [1.29, 1.82) is 0 Å². The van der Waals surface area contributed by atoms with Crippen molar-refractivity contribution < 1.29 is 48.2 Å². The molecular weight excluding hydrogens is 468 g/mol. The van der Waals surface area contributed by atoms with Gasteiger partial charge < -0.3 is 40.2 Å². The van der Waals surface area contributed by atoms with Gasteiger partial charge in [-0.25, -0.2) is 4.79 Å². The van der Waals surface area contributed by atoms with Gasteiger partial charge >= 0.3 is 21.2 Å². The normalized spacial score (nSPS) is 18.2. The summed E-state index contributed by atoms with van der Waals surface area (Å²) in [6.07, 6.45) is 0.404. The van der Waals surface area contributed by atoms with Gasteiger partial charge in [-0.2, -0.15) is 5.48 Å². The summed E-state index contributed by atoms with van der Waals surface area (Å²) in [6.45, 7) is -0.00979. The second kappa shape index (κ2) is 11.0. The van der Waals surface area contributed by atoms with Crippen molar-refractivity contribution in [2.45, 2.75) is 42.9 Å². The van der Waals surface area contributed by atoms with Gasteiger partial charge in [0.2, 0.25) is 5.91 Å². The molecule has 1 amide bonds. The number of carbonyl (C=O) groups is 2. The number of benzene rings is 1. The standard InChI is InChI=1S/C17H27N3O10P2/c21-15(13-7-4-9-18-13)20-14(11-12-5-2-1-3-6-12)16(22)30-19-10-8-17(23,31(24,25)26)32(27,28)29/h1-3,5-6,13-14,18-19,23H,4,7-11H2,(H,20,21)(H2,24,25,26)(H2,27,28,29)/t13-,14?/m0/s1. The van der Waals surface area contributed by atoms with Gasteiger partial charge in [0.25, 0.3) is 5.08 Å². The first-order valence-electron chi connectivity index (χ1n) is 9.70. The molecule has 1 aliphatic rings. The van der Waals surface area contributed by atoms with Crippen LogP contribution in [0.3, 0.4) is 0 Å². The van der Waals surface area contributed by atoms with Gasteiger partial charge in [-0.05, 0) is 24.9 Å².